The van der Waals surface area contributed by atoms with Gasteiger partial charge in [0.2, 0.25) is 0 Å². The molecule has 1 unspecified atom stereocenters. The van der Waals surface area contributed by atoms with Crippen LogP contribution in [-0.4, -0.2) is 24.7 Å². The smallest absolute Gasteiger partial charge is 0.270 e. The van der Waals surface area contributed by atoms with Gasteiger partial charge < -0.3 is 10.1 Å². The van der Waals surface area contributed by atoms with E-state index in [1.54, 1.807) is 13.2 Å². The quantitative estimate of drug-likeness (QED) is 0.648. The Morgan fingerprint density at radius 3 is 2.82 bits per heavy atom. The maximum absolute atomic E-state index is 10.7. The molecule has 1 aromatic rings. The minimum atomic E-state index is -0.396. The normalized spacial score (nSPS) is 12.4. The molecule has 94 valence electrons. The summed E-state index contributed by atoms with van der Waals surface area (Å²) in [5.41, 5.74) is 0.963. The Hall–Kier alpha value is -0.980. The van der Waals surface area contributed by atoms with Crippen LogP contribution in [0.2, 0.25) is 0 Å². The van der Waals surface area contributed by atoms with Gasteiger partial charge in [-0.05, 0) is 18.6 Å². The molecule has 0 heterocycles. The molecule has 0 aromatic heterocycles. The van der Waals surface area contributed by atoms with E-state index in [4.69, 9.17) is 4.74 Å². The largest absolute Gasteiger partial charge is 0.383 e. The summed E-state index contributed by atoms with van der Waals surface area (Å²) in [6.07, 6.45) is 0. The van der Waals surface area contributed by atoms with Gasteiger partial charge in [0.05, 0.1) is 11.5 Å². The molecule has 1 atom stereocenters. The number of nitrogens with zero attached hydrogens (tertiary/aromatic N) is 1. The average Bonchev–Trinajstić information content (AvgIpc) is 2.26. The average molecular weight is 303 g/mol. The molecule has 6 heteroatoms. The number of nitro benzene ring substituents is 1. The molecule has 0 amide bonds. The Labute approximate surface area is 108 Å². The van der Waals surface area contributed by atoms with E-state index in [-0.39, 0.29) is 11.7 Å². The highest BCUT2D eigenvalue weighted by Gasteiger charge is 2.09. The topological polar surface area (TPSA) is 64.4 Å². The van der Waals surface area contributed by atoms with Crippen molar-refractivity contribution in [2.45, 2.75) is 19.5 Å². The predicted molar refractivity (Wildman–Crippen MR) is 69.0 cm³/mol. The van der Waals surface area contributed by atoms with E-state index in [0.29, 0.717) is 17.6 Å². The van der Waals surface area contributed by atoms with Crippen LogP contribution in [0.25, 0.3) is 0 Å². The Kier molecular flexibility index (Phi) is 5.54. The van der Waals surface area contributed by atoms with E-state index < -0.39 is 4.92 Å². The highest BCUT2D eigenvalue weighted by Crippen LogP contribution is 2.21. The number of ether oxygens (including phenoxy) is 1. The molecule has 17 heavy (non-hydrogen) atoms. The fourth-order valence-electron chi connectivity index (χ4n) is 1.44. The number of non-ortho nitro benzene ring substituents is 1. The van der Waals surface area contributed by atoms with Crippen LogP contribution >= 0.6 is 15.9 Å². The van der Waals surface area contributed by atoms with Crippen LogP contribution < -0.4 is 5.32 Å². The second kappa shape index (κ2) is 6.68. The molecule has 0 spiro atoms. The Morgan fingerprint density at radius 1 is 1.53 bits per heavy atom. The third-order valence-corrected chi connectivity index (χ3v) is 2.68. The maximum Gasteiger partial charge on any atom is 0.270 e. The Morgan fingerprint density at radius 2 is 2.24 bits per heavy atom. The lowest BCUT2D eigenvalue weighted by Crippen LogP contribution is -2.29. The van der Waals surface area contributed by atoms with Crippen molar-refractivity contribution in [2.75, 3.05) is 13.7 Å². The Bertz CT molecular complexity index is 398. The van der Waals surface area contributed by atoms with Gasteiger partial charge in [-0.1, -0.05) is 15.9 Å². The first kappa shape index (κ1) is 14.1. The number of halogens is 1. The van der Waals surface area contributed by atoms with E-state index in [1.165, 1.54) is 6.07 Å². The monoisotopic (exact) mass is 302 g/mol. The van der Waals surface area contributed by atoms with Gasteiger partial charge in [-0.3, -0.25) is 10.1 Å². The van der Waals surface area contributed by atoms with Crippen molar-refractivity contribution in [2.24, 2.45) is 0 Å². The number of rotatable bonds is 6. The second-order valence-electron chi connectivity index (χ2n) is 3.81. The zero-order valence-corrected chi connectivity index (χ0v) is 11.4. The highest BCUT2D eigenvalue weighted by molar-refractivity contribution is 9.10. The first-order chi connectivity index (χ1) is 8.02. The zero-order chi connectivity index (χ0) is 12.8. The molecule has 1 rings (SSSR count). The number of nitrogens with one attached hydrogen (secondary N) is 1. The minimum absolute atomic E-state index is 0.0931. The van der Waals surface area contributed by atoms with Crippen LogP contribution in [0.3, 0.4) is 0 Å². The van der Waals surface area contributed by atoms with Crippen molar-refractivity contribution in [3.63, 3.8) is 0 Å². The molecule has 0 saturated carbocycles. The van der Waals surface area contributed by atoms with Crippen molar-refractivity contribution >= 4 is 21.6 Å². The lowest BCUT2D eigenvalue weighted by Gasteiger charge is -2.12. The zero-order valence-electron chi connectivity index (χ0n) is 9.77. The Balaban J connectivity index is 2.68. The number of hydrogen-bond acceptors (Lipinski definition) is 4. The lowest BCUT2D eigenvalue weighted by atomic mass is 10.2. The van der Waals surface area contributed by atoms with Crippen molar-refractivity contribution in [3.8, 4) is 0 Å². The van der Waals surface area contributed by atoms with Crippen LogP contribution in [0.1, 0.15) is 12.5 Å². The molecule has 0 fully saturated rings. The molecule has 0 saturated heterocycles. The molecule has 0 aliphatic heterocycles. The van der Waals surface area contributed by atoms with Crippen LogP contribution in [0, 0.1) is 10.1 Å². The summed E-state index contributed by atoms with van der Waals surface area (Å²) in [7, 11) is 1.64. The van der Waals surface area contributed by atoms with Crippen molar-refractivity contribution in [3.05, 3.63) is 38.3 Å². The van der Waals surface area contributed by atoms with Gasteiger partial charge in [0.15, 0.2) is 0 Å². The van der Waals surface area contributed by atoms with Gasteiger partial charge >= 0.3 is 0 Å². The van der Waals surface area contributed by atoms with Crippen molar-refractivity contribution in [1.82, 2.24) is 5.32 Å². The van der Waals surface area contributed by atoms with Crippen molar-refractivity contribution < 1.29 is 9.66 Å². The molecule has 1 N–H and O–H groups in total. The summed E-state index contributed by atoms with van der Waals surface area (Å²) in [5.74, 6) is 0. The van der Waals surface area contributed by atoms with Gasteiger partial charge in [-0.2, -0.15) is 0 Å². The molecule has 0 aliphatic rings. The lowest BCUT2D eigenvalue weighted by molar-refractivity contribution is -0.385. The number of hydrogen-bond donors (Lipinski definition) is 1. The van der Waals surface area contributed by atoms with E-state index in [2.05, 4.69) is 21.2 Å². The van der Waals surface area contributed by atoms with Gasteiger partial charge in [-0.15, -0.1) is 0 Å². The van der Waals surface area contributed by atoms with Gasteiger partial charge in [-0.25, -0.2) is 0 Å². The predicted octanol–water partition coefficient (Wildman–Crippen LogP) is 2.48. The standard InChI is InChI=1S/C11H15BrN2O3/c1-8(7-17-2)13-6-9-3-10(12)5-11(4-9)14(15)16/h3-5,8,13H,6-7H2,1-2H3. The van der Waals surface area contributed by atoms with Crippen LogP contribution in [0.15, 0.2) is 22.7 Å². The van der Waals surface area contributed by atoms with E-state index in [0.717, 1.165) is 5.56 Å². The molecule has 0 aliphatic carbocycles. The van der Waals surface area contributed by atoms with Gasteiger partial charge in [0.25, 0.3) is 5.69 Å². The molecule has 0 bridgehead atoms. The van der Waals surface area contributed by atoms with Crippen LogP contribution in [0.4, 0.5) is 5.69 Å². The van der Waals surface area contributed by atoms with Crippen molar-refractivity contribution in [1.29, 1.82) is 0 Å². The summed E-state index contributed by atoms with van der Waals surface area (Å²) in [5, 5.41) is 13.9. The van der Waals surface area contributed by atoms with Crippen LogP contribution in [0.5, 0.6) is 0 Å². The minimum Gasteiger partial charge on any atom is -0.383 e. The van der Waals surface area contributed by atoms with E-state index in [9.17, 15) is 10.1 Å². The molecule has 5 nitrogen and oxygen atoms in total. The maximum atomic E-state index is 10.7. The summed E-state index contributed by atoms with van der Waals surface area (Å²) >= 11 is 3.26. The summed E-state index contributed by atoms with van der Waals surface area (Å²) in [6, 6.07) is 5.12. The van der Waals surface area contributed by atoms with E-state index >= 15 is 0 Å². The van der Waals surface area contributed by atoms with Gasteiger partial charge in [0, 0.05) is 36.3 Å². The SMILES string of the molecule is COCC(C)NCc1cc(Br)cc([N+](=O)[O-])c1. The number of methoxy groups -OCH3 is 1. The second-order valence-corrected chi connectivity index (χ2v) is 4.73. The first-order valence-electron chi connectivity index (χ1n) is 5.19. The summed E-state index contributed by atoms with van der Waals surface area (Å²) in [6.45, 7) is 3.18. The number of benzene rings is 1. The third kappa shape index (κ3) is 4.80. The molecular weight excluding hydrogens is 288 g/mol. The molecule has 0 radical (unpaired) electrons. The first-order valence-corrected chi connectivity index (χ1v) is 5.98. The summed E-state index contributed by atoms with van der Waals surface area (Å²) in [4.78, 5) is 10.3. The fraction of sp³-hybridized carbons (Fsp3) is 0.455. The van der Waals surface area contributed by atoms with E-state index in [1.807, 2.05) is 13.0 Å². The highest BCUT2D eigenvalue weighted by atomic mass is 79.9. The summed E-state index contributed by atoms with van der Waals surface area (Å²) < 4.78 is 5.71. The third-order valence-electron chi connectivity index (χ3n) is 2.22. The van der Waals surface area contributed by atoms with Gasteiger partial charge in [0.1, 0.15) is 0 Å². The number of nitro groups is 1. The molecular formula is C11H15BrN2O3. The van der Waals surface area contributed by atoms with Crippen LogP contribution in [-0.2, 0) is 11.3 Å². The molecule has 1 aromatic carbocycles. The fourth-order valence-corrected chi connectivity index (χ4v) is 1.97.